The van der Waals surface area contributed by atoms with Crippen LogP contribution in [0.4, 0.5) is 11.6 Å². The van der Waals surface area contributed by atoms with Crippen LogP contribution in [0.15, 0.2) is 18.6 Å². The van der Waals surface area contributed by atoms with Crippen molar-refractivity contribution in [1.29, 1.82) is 0 Å². The van der Waals surface area contributed by atoms with Crippen molar-refractivity contribution in [3.63, 3.8) is 0 Å². The molecule has 1 fully saturated rings. The van der Waals surface area contributed by atoms with E-state index in [4.69, 9.17) is 4.98 Å². The lowest BCUT2D eigenvalue weighted by Gasteiger charge is -2.25. The molecule has 0 aromatic carbocycles. The minimum absolute atomic E-state index is 0.602. The van der Waals surface area contributed by atoms with Crippen molar-refractivity contribution >= 4 is 17.3 Å². The first-order valence-electron chi connectivity index (χ1n) is 7.17. The van der Waals surface area contributed by atoms with Gasteiger partial charge in [-0.3, -0.25) is 0 Å². The monoisotopic (exact) mass is 259 g/mol. The Bertz CT molecular complexity index is 562. The second-order valence-corrected chi connectivity index (χ2v) is 5.04. The molecule has 0 amide bonds. The van der Waals surface area contributed by atoms with Gasteiger partial charge in [-0.15, -0.1) is 0 Å². The van der Waals surface area contributed by atoms with E-state index in [9.17, 15) is 0 Å². The highest BCUT2D eigenvalue weighted by Gasteiger charge is 2.26. The van der Waals surface area contributed by atoms with Crippen LogP contribution >= 0.6 is 0 Å². The Labute approximate surface area is 113 Å². The average Bonchev–Trinajstić information content (AvgIpc) is 3.06. The zero-order chi connectivity index (χ0) is 13.2. The molecular weight excluding hydrogens is 238 g/mol. The van der Waals surface area contributed by atoms with Crippen LogP contribution in [0.3, 0.4) is 0 Å². The van der Waals surface area contributed by atoms with E-state index in [0.717, 1.165) is 30.4 Å². The predicted molar refractivity (Wildman–Crippen MR) is 77.8 cm³/mol. The molecule has 2 aromatic rings. The molecule has 1 saturated heterocycles. The summed E-state index contributed by atoms with van der Waals surface area (Å²) in [6.45, 7) is 6.30. The van der Waals surface area contributed by atoms with Crippen LogP contribution in [-0.4, -0.2) is 33.5 Å². The molecule has 2 aromatic heterocycles. The molecule has 0 radical (unpaired) electrons. The van der Waals surface area contributed by atoms with E-state index in [1.165, 1.54) is 19.3 Å². The Morgan fingerprint density at radius 3 is 3.11 bits per heavy atom. The Morgan fingerprint density at radius 2 is 2.32 bits per heavy atom. The van der Waals surface area contributed by atoms with Crippen LogP contribution in [0.2, 0.25) is 0 Å². The van der Waals surface area contributed by atoms with Gasteiger partial charge >= 0.3 is 0 Å². The molecule has 0 spiro atoms. The zero-order valence-corrected chi connectivity index (χ0v) is 11.6. The smallest absolute Gasteiger partial charge is 0.180 e. The van der Waals surface area contributed by atoms with Gasteiger partial charge in [-0.25, -0.2) is 9.97 Å². The summed E-state index contributed by atoms with van der Waals surface area (Å²) in [6.07, 6.45) is 9.51. The summed E-state index contributed by atoms with van der Waals surface area (Å²) in [7, 11) is 0. The number of aromatic nitrogens is 3. The molecule has 1 aliphatic heterocycles. The number of nitrogens with zero attached hydrogens (tertiary/aromatic N) is 4. The van der Waals surface area contributed by atoms with Crippen LogP contribution in [0.1, 0.15) is 33.1 Å². The van der Waals surface area contributed by atoms with Gasteiger partial charge in [-0.2, -0.15) is 0 Å². The van der Waals surface area contributed by atoms with Gasteiger partial charge in [-0.05, 0) is 26.2 Å². The lowest BCUT2D eigenvalue weighted by atomic mass is 10.2. The van der Waals surface area contributed by atoms with E-state index in [0.29, 0.717) is 6.04 Å². The molecular formula is C14H21N5. The van der Waals surface area contributed by atoms with Gasteiger partial charge in [0, 0.05) is 31.5 Å². The zero-order valence-electron chi connectivity index (χ0n) is 11.6. The number of nitrogens with one attached hydrogen (secondary N) is 1. The molecule has 1 N–H and O–H groups in total. The topological polar surface area (TPSA) is 45.5 Å². The number of imidazole rings is 1. The molecule has 1 atom stereocenters. The minimum atomic E-state index is 0.602. The van der Waals surface area contributed by atoms with Crippen LogP contribution in [0.25, 0.3) is 5.65 Å². The summed E-state index contributed by atoms with van der Waals surface area (Å²) >= 11 is 0. The quantitative estimate of drug-likeness (QED) is 0.916. The van der Waals surface area contributed by atoms with Gasteiger partial charge in [0.2, 0.25) is 0 Å². The normalized spacial score (nSPS) is 19.3. The Morgan fingerprint density at radius 1 is 1.42 bits per heavy atom. The molecule has 3 heterocycles. The van der Waals surface area contributed by atoms with Crippen molar-refractivity contribution < 1.29 is 0 Å². The van der Waals surface area contributed by atoms with Crippen molar-refractivity contribution in [2.45, 2.75) is 39.2 Å². The van der Waals surface area contributed by atoms with Gasteiger partial charge in [0.25, 0.3) is 0 Å². The summed E-state index contributed by atoms with van der Waals surface area (Å²) in [6, 6.07) is 0.602. The summed E-state index contributed by atoms with van der Waals surface area (Å²) in [4.78, 5) is 11.7. The number of hydrogen-bond acceptors (Lipinski definition) is 4. The lowest BCUT2D eigenvalue weighted by molar-refractivity contribution is 0.641. The van der Waals surface area contributed by atoms with Gasteiger partial charge in [0.05, 0.1) is 6.20 Å². The maximum atomic E-state index is 4.77. The standard InChI is InChI=1S/C14H21N5/c1-3-11-6-5-8-19(11)14-13-16-7-9-18(13)10-12(17-14)15-4-2/h7,9-11,15H,3-6,8H2,1-2H3. The van der Waals surface area contributed by atoms with E-state index in [1.807, 2.05) is 18.6 Å². The van der Waals surface area contributed by atoms with E-state index in [-0.39, 0.29) is 0 Å². The highest BCUT2D eigenvalue weighted by molar-refractivity contribution is 5.67. The largest absolute Gasteiger partial charge is 0.369 e. The molecule has 0 aliphatic carbocycles. The average molecular weight is 259 g/mol. The maximum absolute atomic E-state index is 4.77. The highest BCUT2D eigenvalue weighted by atomic mass is 15.3. The van der Waals surface area contributed by atoms with E-state index < -0.39 is 0 Å². The van der Waals surface area contributed by atoms with E-state index in [1.54, 1.807) is 0 Å². The fourth-order valence-corrected chi connectivity index (χ4v) is 2.91. The number of hydrogen-bond donors (Lipinski definition) is 1. The third kappa shape index (κ3) is 2.13. The highest BCUT2D eigenvalue weighted by Crippen LogP contribution is 2.29. The number of fused-ring (bicyclic) bond motifs is 1. The molecule has 1 aliphatic rings. The third-order valence-electron chi connectivity index (χ3n) is 3.83. The van der Waals surface area contributed by atoms with Crippen molar-refractivity contribution in [2.24, 2.45) is 0 Å². The van der Waals surface area contributed by atoms with Crippen molar-refractivity contribution in [3.8, 4) is 0 Å². The molecule has 3 rings (SSSR count). The maximum Gasteiger partial charge on any atom is 0.180 e. The predicted octanol–water partition coefficient (Wildman–Crippen LogP) is 2.54. The molecule has 0 bridgehead atoms. The first-order chi connectivity index (χ1) is 9.33. The molecule has 1 unspecified atom stereocenters. The third-order valence-corrected chi connectivity index (χ3v) is 3.83. The summed E-state index contributed by atoms with van der Waals surface area (Å²) in [5.41, 5.74) is 0.960. The van der Waals surface area contributed by atoms with Crippen LogP contribution in [-0.2, 0) is 0 Å². The Kier molecular flexibility index (Phi) is 3.27. The summed E-state index contributed by atoms with van der Waals surface area (Å²) in [5, 5.41) is 3.30. The van der Waals surface area contributed by atoms with E-state index in [2.05, 4.69) is 33.4 Å². The molecule has 19 heavy (non-hydrogen) atoms. The van der Waals surface area contributed by atoms with Crippen LogP contribution in [0.5, 0.6) is 0 Å². The van der Waals surface area contributed by atoms with Crippen LogP contribution < -0.4 is 10.2 Å². The molecule has 0 saturated carbocycles. The van der Waals surface area contributed by atoms with Crippen molar-refractivity contribution in [1.82, 2.24) is 14.4 Å². The molecule has 102 valence electrons. The van der Waals surface area contributed by atoms with Crippen molar-refractivity contribution in [2.75, 3.05) is 23.3 Å². The first kappa shape index (κ1) is 12.3. The summed E-state index contributed by atoms with van der Waals surface area (Å²) in [5.74, 6) is 1.94. The van der Waals surface area contributed by atoms with Crippen molar-refractivity contribution in [3.05, 3.63) is 18.6 Å². The number of rotatable bonds is 4. The Hall–Kier alpha value is -1.78. The summed E-state index contributed by atoms with van der Waals surface area (Å²) < 4.78 is 2.06. The second-order valence-electron chi connectivity index (χ2n) is 5.04. The van der Waals surface area contributed by atoms with Gasteiger partial charge in [-0.1, -0.05) is 6.92 Å². The first-order valence-corrected chi connectivity index (χ1v) is 7.17. The lowest BCUT2D eigenvalue weighted by Crippen LogP contribution is -2.30. The van der Waals surface area contributed by atoms with Crippen LogP contribution in [0, 0.1) is 0 Å². The Balaban J connectivity index is 2.07. The van der Waals surface area contributed by atoms with Gasteiger partial charge < -0.3 is 14.6 Å². The minimum Gasteiger partial charge on any atom is -0.369 e. The fraction of sp³-hybridized carbons (Fsp3) is 0.571. The SMILES string of the molecule is CCNc1cn2ccnc2c(N2CCCC2CC)n1. The number of anilines is 2. The fourth-order valence-electron chi connectivity index (χ4n) is 2.91. The molecule has 5 nitrogen and oxygen atoms in total. The van der Waals surface area contributed by atoms with Gasteiger partial charge in [0.1, 0.15) is 5.82 Å². The molecule has 5 heteroatoms. The second kappa shape index (κ2) is 5.07. The van der Waals surface area contributed by atoms with Gasteiger partial charge in [0.15, 0.2) is 11.5 Å². The van der Waals surface area contributed by atoms with E-state index >= 15 is 0 Å².